The van der Waals surface area contributed by atoms with Gasteiger partial charge in [0.15, 0.2) is 0 Å². The van der Waals surface area contributed by atoms with E-state index in [1.54, 1.807) is 12.1 Å². The summed E-state index contributed by atoms with van der Waals surface area (Å²) in [7, 11) is 0. The molecule has 2 rings (SSSR count). The number of rotatable bonds is 6. The number of nitrogens with one attached hydrogen (secondary N) is 2. The summed E-state index contributed by atoms with van der Waals surface area (Å²) in [6.07, 6.45) is 2.53. The van der Waals surface area contributed by atoms with Gasteiger partial charge in [-0.05, 0) is 45.0 Å². The second-order valence-electron chi connectivity index (χ2n) is 4.90. The lowest BCUT2D eigenvalue weighted by Gasteiger charge is -2.15. The number of likely N-dealkylation sites (tertiary alicyclic amines) is 1. The van der Waals surface area contributed by atoms with Gasteiger partial charge in [-0.25, -0.2) is 4.98 Å². The van der Waals surface area contributed by atoms with Crippen molar-refractivity contribution in [3.63, 3.8) is 0 Å². The van der Waals surface area contributed by atoms with Crippen LogP contribution < -0.4 is 10.6 Å². The summed E-state index contributed by atoms with van der Waals surface area (Å²) in [5.74, 6) is 0.525. The lowest BCUT2D eigenvalue weighted by Crippen LogP contribution is -2.33. The molecular formula is C14H21ClN4O. The largest absolute Gasteiger partial charge is 0.370 e. The van der Waals surface area contributed by atoms with E-state index in [1.165, 1.54) is 12.8 Å². The van der Waals surface area contributed by atoms with Crippen LogP contribution in [0.25, 0.3) is 0 Å². The molecule has 1 saturated heterocycles. The molecule has 6 heteroatoms. The van der Waals surface area contributed by atoms with Gasteiger partial charge in [-0.1, -0.05) is 11.6 Å². The Morgan fingerprint density at radius 1 is 1.40 bits per heavy atom. The van der Waals surface area contributed by atoms with Crippen LogP contribution in [0.4, 0.5) is 5.82 Å². The zero-order chi connectivity index (χ0) is 14.4. The minimum absolute atomic E-state index is 0.104. The number of anilines is 1. The van der Waals surface area contributed by atoms with E-state index >= 15 is 0 Å². The summed E-state index contributed by atoms with van der Waals surface area (Å²) >= 11 is 5.93. The normalized spacial score (nSPS) is 15.3. The van der Waals surface area contributed by atoms with Gasteiger partial charge in [0, 0.05) is 25.2 Å². The van der Waals surface area contributed by atoms with Crippen molar-refractivity contribution in [3.8, 4) is 0 Å². The lowest BCUT2D eigenvalue weighted by atomic mass is 10.2. The fourth-order valence-electron chi connectivity index (χ4n) is 2.34. The Balaban J connectivity index is 1.87. The van der Waals surface area contributed by atoms with Crippen molar-refractivity contribution in [3.05, 3.63) is 22.8 Å². The first-order valence-corrected chi connectivity index (χ1v) is 7.49. The maximum atomic E-state index is 12.1. The molecule has 1 aliphatic rings. The molecule has 0 saturated carbocycles. The Kier molecular flexibility index (Phi) is 5.61. The second-order valence-corrected chi connectivity index (χ2v) is 5.29. The van der Waals surface area contributed by atoms with Gasteiger partial charge in [0.1, 0.15) is 11.0 Å². The van der Waals surface area contributed by atoms with Gasteiger partial charge < -0.3 is 15.5 Å². The molecule has 0 spiro atoms. The zero-order valence-corrected chi connectivity index (χ0v) is 12.5. The third-order valence-electron chi connectivity index (χ3n) is 3.33. The first-order chi connectivity index (χ1) is 9.69. The van der Waals surface area contributed by atoms with Crippen LogP contribution in [0.3, 0.4) is 0 Å². The number of hydrogen-bond acceptors (Lipinski definition) is 4. The number of carbonyl (C=O) groups excluding carboxylic acids is 1. The molecule has 5 nitrogen and oxygen atoms in total. The van der Waals surface area contributed by atoms with Crippen LogP contribution in [0.5, 0.6) is 0 Å². The highest BCUT2D eigenvalue weighted by atomic mass is 35.5. The van der Waals surface area contributed by atoms with Crippen LogP contribution in [0, 0.1) is 0 Å². The predicted octanol–water partition coefficient (Wildman–Crippen LogP) is 1.99. The van der Waals surface area contributed by atoms with Crippen LogP contribution >= 0.6 is 11.6 Å². The average molecular weight is 297 g/mol. The lowest BCUT2D eigenvalue weighted by molar-refractivity contribution is 0.0949. The van der Waals surface area contributed by atoms with Crippen molar-refractivity contribution in [2.45, 2.75) is 19.8 Å². The van der Waals surface area contributed by atoms with Crippen LogP contribution in [-0.4, -0.2) is 48.5 Å². The fourth-order valence-corrected chi connectivity index (χ4v) is 2.54. The van der Waals surface area contributed by atoms with Crippen molar-refractivity contribution in [2.24, 2.45) is 0 Å². The summed E-state index contributed by atoms with van der Waals surface area (Å²) in [6, 6.07) is 3.31. The topological polar surface area (TPSA) is 57.3 Å². The van der Waals surface area contributed by atoms with Crippen molar-refractivity contribution < 1.29 is 4.79 Å². The highest BCUT2D eigenvalue weighted by molar-refractivity contribution is 6.29. The van der Waals surface area contributed by atoms with Crippen molar-refractivity contribution in [1.82, 2.24) is 15.2 Å². The second kappa shape index (κ2) is 7.45. The van der Waals surface area contributed by atoms with E-state index in [9.17, 15) is 4.79 Å². The first-order valence-electron chi connectivity index (χ1n) is 7.11. The molecule has 0 aliphatic carbocycles. The fraction of sp³-hybridized carbons (Fsp3) is 0.571. The van der Waals surface area contributed by atoms with E-state index in [2.05, 4.69) is 20.5 Å². The standard InChI is InChI=1S/C14H21ClN4O/c1-2-16-13-10-11(9-12(15)18-13)14(20)17-5-8-19-6-3-4-7-19/h9-10H,2-8H2,1H3,(H,16,18)(H,17,20). The number of aromatic nitrogens is 1. The maximum absolute atomic E-state index is 12.1. The maximum Gasteiger partial charge on any atom is 0.251 e. The van der Waals surface area contributed by atoms with Crippen LogP contribution in [0.2, 0.25) is 5.15 Å². The number of halogens is 1. The van der Waals surface area contributed by atoms with Gasteiger partial charge in [0.05, 0.1) is 0 Å². The van der Waals surface area contributed by atoms with Gasteiger partial charge >= 0.3 is 0 Å². The number of carbonyl (C=O) groups is 1. The Hall–Kier alpha value is -1.33. The molecular weight excluding hydrogens is 276 g/mol. The summed E-state index contributed by atoms with van der Waals surface area (Å²) in [5, 5.41) is 6.32. The molecule has 110 valence electrons. The first kappa shape index (κ1) is 15.1. The number of amides is 1. The van der Waals surface area contributed by atoms with E-state index in [0.717, 1.165) is 26.2 Å². The minimum atomic E-state index is -0.104. The van der Waals surface area contributed by atoms with Crippen LogP contribution in [0.15, 0.2) is 12.1 Å². The van der Waals surface area contributed by atoms with Crippen molar-refractivity contribution in [1.29, 1.82) is 0 Å². The van der Waals surface area contributed by atoms with Gasteiger partial charge in [-0.15, -0.1) is 0 Å². The third-order valence-corrected chi connectivity index (χ3v) is 3.52. The molecule has 0 aromatic carbocycles. The smallest absolute Gasteiger partial charge is 0.251 e. The zero-order valence-electron chi connectivity index (χ0n) is 11.8. The summed E-state index contributed by atoms with van der Waals surface area (Å²) in [4.78, 5) is 18.6. The Bertz CT molecular complexity index is 460. The molecule has 2 N–H and O–H groups in total. The van der Waals surface area contributed by atoms with Gasteiger partial charge in [0.2, 0.25) is 0 Å². The van der Waals surface area contributed by atoms with Crippen molar-refractivity contribution in [2.75, 3.05) is 38.0 Å². The number of pyridine rings is 1. The summed E-state index contributed by atoms with van der Waals surface area (Å²) in [5.41, 5.74) is 0.544. The number of nitrogens with zero attached hydrogens (tertiary/aromatic N) is 2. The van der Waals surface area contributed by atoms with Crippen molar-refractivity contribution >= 4 is 23.3 Å². The molecule has 0 atom stereocenters. The van der Waals surface area contributed by atoms with E-state index < -0.39 is 0 Å². The van der Waals surface area contributed by atoms with E-state index in [0.29, 0.717) is 23.1 Å². The molecule has 0 radical (unpaired) electrons. The van der Waals surface area contributed by atoms with E-state index in [4.69, 9.17) is 11.6 Å². The Morgan fingerprint density at radius 2 is 2.15 bits per heavy atom. The summed E-state index contributed by atoms with van der Waals surface area (Å²) in [6.45, 7) is 6.56. The average Bonchev–Trinajstić information content (AvgIpc) is 2.91. The molecule has 1 fully saturated rings. The van der Waals surface area contributed by atoms with E-state index in [-0.39, 0.29) is 5.91 Å². The predicted molar refractivity (Wildman–Crippen MR) is 81.4 cm³/mol. The molecule has 2 heterocycles. The highest BCUT2D eigenvalue weighted by Gasteiger charge is 2.12. The van der Waals surface area contributed by atoms with Gasteiger partial charge in [-0.2, -0.15) is 0 Å². The highest BCUT2D eigenvalue weighted by Crippen LogP contribution is 2.14. The molecule has 1 aromatic heterocycles. The Labute approximate surface area is 124 Å². The van der Waals surface area contributed by atoms with E-state index in [1.807, 2.05) is 6.92 Å². The van der Waals surface area contributed by atoms with Crippen LogP contribution in [0.1, 0.15) is 30.1 Å². The molecule has 1 amide bonds. The van der Waals surface area contributed by atoms with Crippen LogP contribution in [-0.2, 0) is 0 Å². The van der Waals surface area contributed by atoms with Gasteiger partial charge in [-0.3, -0.25) is 4.79 Å². The molecule has 1 aliphatic heterocycles. The molecule has 0 bridgehead atoms. The summed E-state index contributed by atoms with van der Waals surface area (Å²) < 4.78 is 0. The Morgan fingerprint density at radius 3 is 2.85 bits per heavy atom. The molecule has 20 heavy (non-hydrogen) atoms. The SMILES string of the molecule is CCNc1cc(C(=O)NCCN2CCCC2)cc(Cl)n1. The quantitative estimate of drug-likeness (QED) is 0.788. The monoisotopic (exact) mass is 296 g/mol. The number of hydrogen-bond donors (Lipinski definition) is 2. The molecule has 1 aromatic rings. The third kappa shape index (κ3) is 4.35. The molecule has 0 unspecified atom stereocenters. The van der Waals surface area contributed by atoms with Gasteiger partial charge in [0.25, 0.3) is 5.91 Å². The minimum Gasteiger partial charge on any atom is -0.370 e.